The van der Waals surface area contributed by atoms with Gasteiger partial charge in [0.25, 0.3) is 5.91 Å². The minimum atomic E-state index is -0.0361. The first-order chi connectivity index (χ1) is 10.0. The zero-order valence-corrected chi connectivity index (χ0v) is 13.1. The van der Waals surface area contributed by atoms with Crippen molar-refractivity contribution in [2.75, 3.05) is 26.9 Å². The molecule has 0 bridgehead atoms. The standard InChI is InChI=1S/C16H18N2O2S/c1-18(2)16(19)14-9-4-11(17)10-15(14)21-13-7-5-12(20-3)6-8-13/h4-10H,17H2,1-3H3. The molecular formula is C16H18N2O2S. The van der Waals surface area contributed by atoms with Gasteiger partial charge in [-0.25, -0.2) is 0 Å². The van der Waals surface area contributed by atoms with Crippen LogP contribution in [0.25, 0.3) is 0 Å². The smallest absolute Gasteiger partial charge is 0.254 e. The number of nitrogens with two attached hydrogens (primary N) is 1. The molecular weight excluding hydrogens is 284 g/mol. The van der Waals surface area contributed by atoms with Crippen LogP contribution in [0.15, 0.2) is 52.3 Å². The lowest BCUT2D eigenvalue weighted by Gasteiger charge is -2.14. The van der Waals surface area contributed by atoms with Crippen LogP contribution in [0.1, 0.15) is 10.4 Å². The number of methoxy groups -OCH3 is 1. The summed E-state index contributed by atoms with van der Waals surface area (Å²) in [6.45, 7) is 0. The summed E-state index contributed by atoms with van der Waals surface area (Å²) in [6, 6.07) is 13.0. The van der Waals surface area contributed by atoms with Crippen molar-refractivity contribution in [3.63, 3.8) is 0 Å². The molecule has 0 radical (unpaired) electrons. The highest BCUT2D eigenvalue weighted by Crippen LogP contribution is 2.33. The molecule has 110 valence electrons. The van der Waals surface area contributed by atoms with E-state index in [2.05, 4.69) is 0 Å². The van der Waals surface area contributed by atoms with Crippen LogP contribution in [0, 0.1) is 0 Å². The van der Waals surface area contributed by atoms with E-state index in [1.807, 2.05) is 30.3 Å². The van der Waals surface area contributed by atoms with Crippen LogP contribution in [-0.2, 0) is 0 Å². The van der Waals surface area contributed by atoms with Crippen LogP contribution in [0.4, 0.5) is 5.69 Å². The Morgan fingerprint density at radius 3 is 2.38 bits per heavy atom. The molecule has 0 saturated carbocycles. The molecule has 0 unspecified atom stereocenters. The Morgan fingerprint density at radius 2 is 1.81 bits per heavy atom. The van der Waals surface area contributed by atoms with E-state index in [9.17, 15) is 4.79 Å². The van der Waals surface area contributed by atoms with Crippen molar-refractivity contribution in [1.29, 1.82) is 0 Å². The second kappa shape index (κ2) is 6.54. The third-order valence-electron chi connectivity index (χ3n) is 2.93. The SMILES string of the molecule is COc1ccc(Sc2cc(N)ccc2C(=O)N(C)C)cc1. The molecule has 0 aliphatic heterocycles. The normalized spacial score (nSPS) is 10.2. The highest BCUT2D eigenvalue weighted by atomic mass is 32.2. The number of amides is 1. The van der Waals surface area contributed by atoms with Gasteiger partial charge in [-0.3, -0.25) is 4.79 Å². The van der Waals surface area contributed by atoms with Gasteiger partial charge in [-0.2, -0.15) is 0 Å². The van der Waals surface area contributed by atoms with E-state index < -0.39 is 0 Å². The lowest BCUT2D eigenvalue weighted by atomic mass is 10.2. The summed E-state index contributed by atoms with van der Waals surface area (Å²) < 4.78 is 5.14. The summed E-state index contributed by atoms with van der Waals surface area (Å²) >= 11 is 1.51. The minimum Gasteiger partial charge on any atom is -0.497 e. The largest absolute Gasteiger partial charge is 0.497 e. The van der Waals surface area contributed by atoms with E-state index >= 15 is 0 Å². The maximum atomic E-state index is 12.2. The first-order valence-corrected chi connectivity index (χ1v) is 7.26. The predicted molar refractivity (Wildman–Crippen MR) is 86.0 cm³/mol. The number of ether oxygens (including phenoxy) is 1. The molecule has 0 fully saturated rings. The quantitative estimate of drug-likeness (QED) is 0.882. The molecule has 1 amide bonds. The molecule has 21 heavy (non-hydrogen) atoms. The van der Waals surface area contributed by atoms with E-state index in [1.54, 1.807) is 38.2 Å². The number of hydrogen-bond donors (Lipinski definition) is 1. The zero-order valence-electron chi connectivity index (χ0n) is 12.3. The maximum Gasteiger partial charge on any atom is 0.254 e. The molecule has 0 aliphatic rings. The van der Waals surface area contributed by atoms with Crippen molar-refractivity contribution < 1.29 is 9.53 Å². The summed E-state index contributed by atoms with van der Waals surface area (Å²) in [6.07, 6.45) is 0. The van der Waals surface area contributed by atoms with Crippen LogP contribution in [0.2, 0.25) is 0 Å². The van der Waals surface area contributed by atoms with Crippen molar-refractivity contribution in [2.45, 2.75) is 9.79 Å². The summed E-state index contributed by atoms with van der Waals surface area (Å²) in [4.78, 5) is 15.6. The van der Waals surface area contributed by atoms with Gasteiger partial charge in [-0.1, -0.05) is 11.8 Å². The second-order valence-electron chi connectivity index (χ2n) is 4.73. The number of anilines is 1. The highest BCUT2D eigenvalue weighted by Gasteiger charge is 2.14. The van der Waals surface area contributed by atoms with E-state index in [1.165, 1.54) is 11.8 Å². The first-order valence-electron chi connectivity index (χ1n) is 6.44. The van der Waals surface area contributed by atoms with Gasteiger partial charge >= 0.3 is 0 Å². The van der Waals surface area contributed by atoms with Crippen LogP contribution < -0.4 is 10.5 Å². The number of nitrogens with zero attached hydrogens (tertiary/aromatic N) is 1. The van der Waals surface area contributed by atoms with E-state index in [0.29, 0.717) is 11.3 Å². The molecule has 0 atom stereocenters. The Bertz CT molecular complexity index is 639. The molecule has 2 N–H and O–H groups in total. The van der Waals surface area contributed by atoms with Crippen LogP contribution in [-0.4, -0.2) is 32.0 Å². The molecule has 0 aliphatic carbocycles. The fourth-order valence-corrected chi connectivity index (χ4v) is 2.80. The average molecular weight is 302 g/mol. The summed E-state index contributed by atoms with van der Waals surface area (Å²) in [5, 5.41) is 0. The minimum absolute atomic E-state index is 0.0361. The van der Waals surface area contributed by atoms with E-state index in [-0.39, 0.29) is 5.91 Å². The zero-order chi connectivity index (χ0) is 15.4. The predicted octanol–water partition coefficient (Wildman–Crippen LogP) is 3.13. The lowest BCUT2D eigenvalue weighted by Crippen LogP contribution is -2.22. The molecule has 0 heterocycles. The van der Waals surface area contributed by atoms with Gasteiger partial charge in [0.15, 0.2) is 0 Å². The number of carbonyl (C=O) groups excluding carboxylic acids is 1. The van der Waals surface area contributed by atoms with Crippen molar-refractivity contribution in [3.05, 3.63) is 48.0 Å². The average Bonchev–Trinajstić information content (AvgIpc) is 2.47. The topological polar surface area (TPSA) is 55.6 Å². The summed E-state index contributed by atoms with van der Waals surface area (Å²) in [5.74, 6) is 0.766. The van der Waals surface area contributed by atoms with Gasteiger partial charge in [0.05, 0.1) is 12.7 Å². The monoisotopic (exact) mass is 302 g/mol. The molecule has 2 aromatic rings. The van der Waals surface area contributed by atoms with Crippen molar-refractivity contribution in [3.8, 4) is 5.75 Å². The molecule has 4 nitrogen and oxygen atoms in total. The molecule has 0 aromatic heterocycles. The fourth-order valence-electron chi connectivity index (χ4n) is 1.81. The molecule has 2 aromatic carbocycles. The Labute approximate surface area is 128 Å². The van der Waals surface area contributed by atoms with Crippen LogP contribution in [0.5, 0.6) is 5.75 Å². The van der Waals surface area contributed by atoms with Crippen molar-refractivity contribution >= 4 is 23.4 Å². The van der Waals surface area contributed by atoms with E-state index in [4.69, 9.17) is 10.5 Å². The van der Waals surface area contributed by atoms with Gasteiger partial charge < -0.3 is 15.4 Å². The Kier molecular flexibility index (Phi) is 4.75. The third kappa shape index (κ3) is 3.70. The van der Waals surface area contributed by atoms with Crippen molar-refractivity contribution in [1.82, 2.24) is 4.90 Å². The number of nitrogen functional groups attached to an aromatic ring is 1. The second-order valence-corrected chi connectivity index (χ2v) is 5.85. The number of rotatable bonds is 4. The molecule has 0 spiro atoms. The van der Waals surface area contributed by atoms with Gasteiger partial charge in [-0.05, 0) is 42.5 Å². The summed E-state index contributed by atoms with van der Waals surface area (Å²) in [5.41, 5.74) is 7.13. The Hall–Kier alpha value is -2.14. The van der Waals surface area contributed by atoms with Crippen molar-refractivity contribution in [2.24, 2.45) is 0 Å². The van der Waals surface area contributed by atoms with Gasteiger partial charge in [0.2, 0.25) is 0 Å². The van der Waals surface area contributed by atoms with E-state index in [0.717, 1.165) is 15.5 Å². The Morgan fingerprint density at radius 1 is 1.14 bits per heavy atom. The van der Waals surface area contributed by atoms with Gasteiger partial charge in [0, 0.05) is 29.6 Å². The Balaban J connectivity index is 2.33. The van der Waals surface area contributed by atoms with Crippen LogP contribution in [0.3, 0.4) is 0 Å². The first kappa shape index (κ1) is 15.3. The highest BCUT2D eigenvalue weighted by molar-refractivity contribution is 7.99. The lowest BCUT2D eigenvalue weighted by molar-refractivity contribution is 0.0824. The summed E-state index contributed by atoms with van der Waals surface area (Å²) in [7, 11) is 5.11. The van der Waals surface area contributed by atoms with Crippen LogP contribution >= 0.6 is 11.8 Å². The molecule has 5 heteroatoms. The van der Waals surface area contributed by atoms with Gasteiger partial charge in [-0.15, -0.1) is 0 Å². The van der Waals surface area contributed by atoms with Gasteiger partial charge in [0.1, 0.15) is 5.75 Å². The maximum absolute atomic E-state index is 12.2. The molecule has 2 rings (SSSR count). The number of benzene rings is 2. The number of hydrogen-bond acceptors (Lipinski definition) is 4. The number of carbonyl (C=O) groups is 1. The molecule has 0 saturated heterocycles. The third-order valence-corrected chi connectivity index (χ3v) is 4.00. The fraction of sp³-hybridized carbons (Fsp3) is 0.188.